The van der Waals surface area contributed by atoms with Crippen molar-refractivity contribution < 1.29 is 4.74 Å². The lowest BCUT2D eigenvalue weighted by Gasteiger charge is -2.10. The molecule has 0 atom stereocenters. The molecule has 0 radical (unpaired) electrons. The van der Waals surface area contributed by atoms with Crippen molar-refractivity contribution in [3.05, 3.63) is 47.2 Å². The highest BCUT2D eigenvalue weighted by Gasteiger charge is 2.03. The quantitative estimate of drug-likeness (QED) is 0.906. The number of nitrogens with zero attached hydrogens (tertiary/aromatic N) is 3. The maximum Gasteiger partial charge on any atom is 0.163 e. The smallest absolute Gasteiger partial charge is 0.163 e. The van der Waals surface area contributed by atoms with Gasteiger partial charge in [-0.15, -0.1) is 10.2 Å². The first kappa shape index (κ1) is 12.8. The van der Waals surface area contributed by atoms with Crippen molar-refractivity contribution in [1.82, 2.24) is 10.2 Å². The number of methoxy groups -OCH3 is 1. The van der Waals surface area contributed by atoms with Gasteiger partial charge in [0.05, 0.1) is 7.11 Å². The van der Waals surface area contributed by atoms with Gasteiger partial charge in [0, 0.05) is 12.1 Å². The fourth-order valence-corrected chi connectivity index (χ4v) is 1.67. The normalized spacial score (nSPS) is 9.74. The highest BCUT2D eigenvalue weighted by Crippen LogP contribution is 2.20. The van der Waals surface area contributed by atoms with Gasteiger partial charge in [0.25, 0.3) is 0 Å². The second-order valence-corrected chi connectivity index (χ2v) is 4.08. The largest absolute Gasteiger partial charge is 0.496 e. The standard InChI is InChI=1S/C14H14N4O/c1-10-3-4-11(13(7-10)19-2)9-16-14-6-5-12(8-15)17-18-14/h3-7H,9H2,1-2H3,(H,16,18). The van der Waals surface area contributed by atoms with E-state index in [-0.39, 0.29) is 0 Å². The molecule has 2 aromatic rings. The molecule has 2 rings (SSSR count). The molecular weight excluding hydrogens is 240 g/mol. The molecule has 0 fully saturated rings. The van der Waals surface area contributed by atoms with Crippen LogP contribution in [0.25, 0.3) is 0 Å². The van der Waals surface area contributed by atoms with E-state index in [1.807, 2.05) is 31.2 Å². The van der Waals surface area contributed by atoms with Crippen LogP contribution in [0.2, 0.25) is 0 Å². The summed E-state index contributed by atoms with van der Waals surface area (Å²) in [7, 11) is 1.65. The summed E-state index contributed by atoms with van der Waals surface area (Å²) in [5.41, 5.74) is 2.50. The first-order valence-electron chi connectivity index (χ1n) is 5.84. The Hall–Kier alpha value is -2.61. The minimum absolute atomic E-state index is 0.304. The van der Waals surface area contributed by atoms with Crippen LogP contribution in [0, 0.1) is 18.3 Å². The fourth-order valence-electron chi connectivity index (χ4n) is 1.67. The number of benzene rings is 1. The van der Waals surface area contributed by atoms with Crippen LogP contribution in [0.1, 0.15) is 16.8 Å². The van der Waals surface area contributed by atoms with Gasteiger partial charge in [-0.2, -0.15) is 5.26 Å². The lowest BCUT2D eigenvalue weighted by atomic mass is 10.1. The van der Waals surface area contributed by atoms with Crippen molar-refractivity contribution in [1.29, 1.82) is 5.26 Å². The van der Waals surface area contributed by atoms with E-state index in [1.165, 1.54) is 0 Å². The highest BCUT2D eigenvalue weighted by molar-refractivity contribution is 5.41. The minimum Gasteiger partial charge on any atom is -0.496 e. The van der Waals surface area contributed by atoms with E-state index in [9.17, 15) is 0 Å². The van der Waals surface area contributed by atoms with E-state index in [4.69, 9.17) is 10.00 Å². The number of hydrogen-bond donors (Lipinski definition) is 1. The number of ether oxygens (including phenoxy) is 1. The van der Waals surface area contributed by atoms with Gasteiger partial charge in [-0.3, -0.25) is 0 Å². The third kappa shape index (κ3) is 3.19. The first-order valence-corrected chi connectivity index (χ1v) is 5.84. The molecule has 5 nitrogen and oxygen atoms in total. The molecule has 0 aliphatic heterocycles. The molecule has 5 heteroatoms. The van der Waals surface area contributed by atoms with E-state index >= 15 is 0 Å². The number of hydrogen-bond acceptors (Lipinski definition) is 5. The van der Waals surface area contributed by atoms with Crippen LogP contribution in [0.15, 0.2) is 30.3 Å². The molecule has 1 aromatic carbocycles. The van der Waals surface area contributed by atoms with Crippen molar-refractivity contribution in [3.8, 4) is 11.8 Å². The second kappa shape index (κ2) is 5.83. The number of anilines is 1. The molecule has 1 heterocycles. The summed E-state index contributed by atoms with van der Waals surface area (Å²) < 4.78 is 5.33. The number of aryl methyl sites for hydroxylation is 1. The van der Waals surface area contributed by atoms with Gasteiger partial charge >= 0.3 is 0 Å². The number of rotatable bonds is 4. The molecule has 0 aliphatic carbocycles. The van der Waals surface area contributed by atoms with E-state index in [2.05, 4.69) is 15.5 Å². The minimum atomic E-state index is 0.304. The lowest BCUT2D eigenvalue weighted by Crippen LogP contribution is -2.04. The Bertz CT molecular complexity index is 602. The zero-order valence-corrected chi connectivity index (χ0v) is 10.8. The topological polar surface area (TPSA) is 70.8 Å². The van der Waals surface area contributed by atoms with Gasteiger partial charge in [-0.05, 0) is 30.7 Å². The predicted octanol–water partition coefficient (Wildman–Crippen LogP) is 2.28. The predicted molar refractivity (Wildman–Crippen MR) is 71.8 cm³/mol. The fraction of sp³-hybridized carbons (Fsp3) is 0.214. The van der Waals surface area contributed by atoms with Crippen molar-refractivity contribution in [3.63, 3.8) is 0 Å². The zero-order chi connectivity index (χ0) is 13.7. The van der Waals surface area contributed by atoms with Crippen LogP contribution in [0.3, 0.4) is 0 Å². The summed E-state index contributed by atoms with van der Waals surface area (Å²) in [5.74, 6) is 1.47. The summed E-state index contributed by atoms with van der Waals surface area (Å²) in [6, 6.07) is 11.3. The molecule has 0 saturated heterocycles. The van der Waals surface area contributed by atoms with Crippen LogP contribution in [0.5, 0.6) is 5.75 Å². The van der Waals surface area contributed by atoms with Gasteiger partial charge in [0.1, 0.15) is 17.6 Å². The Labute approximate surface area is 111 Å². The van der Waals surface area contributed by atoms with Gasteiger partial charge in [0.15, 0.2) is 5.69 Å². The number of aromatic nitrogens is 2. The Balaban J connectivity index is 2.07. The van der Waals surface area contributed by atoms with Crippen molar-refractivity contribution in [2.45, 2.75) is 13.5 Å². The summed E-state index contributed by atoms with van der Waals surface area (Å²) in [5, 5.41) is 19.5. The first-order chi connectivity index (χ1) is 9.22. The molecule has 0 unspecified atom stereocenters. The third-order valence-electron chi connectivity index (χ3n) is 2.68. The van der Waals surface area contributed by atoms with Crippen molar-refractivity contribution in [2.24, 2.45) is 0 Å². The van der Waals surface area contributed by atoms with E-state index in [0.717, 1.165) is 16.9 Å². The van der Waals surface area contributed by atoms with Crippen molar-refractivity contribution >= 4 is 5.82 Å². The molecule has 0 bridgehead atoms. The summed E-state index contributed by atoms with van der Waals surface area (Å²) in [6.07, 6.45) is 0. The second-order valence-electron chi connectivity index (χ2n) is 4.08. The van der Waals surface area contributed by atoms with Gasteiger partial charge in [0.2, 0.25) is 0 Å². The molecule has 1 aromatic heterocycles. The Morgan fingerprint density at radius 2 is 2.11 bits per heavy atom. The number of nitriles is 1. The van der Waals surface area contributed by atoms with Gasteiger partial charge < -0.3 is 10.1 Å². The van der Waals surface area contributed by atoms with Crippen LogP contribution < -0.4 is 10.1 Å². The highest BCUT2D eigenvalue weighted by atomic mass is 16.5. The molecule has 0 aliphatic rings. The monoisotopic (exact) mass is 254 g/mol. The Kier molecular flexibility index (Phi) is 3.94. The van der Waals surface area contributed by atoms with Gasteiger partial charge in [-0.1, -0.05) is 12.1 Å². The summed E-state index contributed by atoms with van der Waals surface area (Å²) in [4.78, 5) is 0. The summed E-state index contributed by atoms with van der Waals surface area (Å²) >= 11 is 0. The molecular formula is C14H14N4O. The van der Waals surface area contributed by atoms with E-state index < -0.39 is 0 Å². The molecule has 19 heavy (non-hydrogen) atoms. The Morgan fingerprint density at radius 1 is 1.26 bits per heavy atom. The third-order valence-corrected chi connectivity index (χ3v) is 2.68. The molecule has 0 saturated carbocycles. The van der Waals surface area contributed by atoms with Crippen LogP contribution in [-0.4, -0.2) is 17.3 Å². The Morgan fingerprint density at radius 3 is 2.74 bits per heavy atom. The average Bonchev–Trinajstić information content (AvgIpc) is 2.46. The average molecular weight is 254 g/mol. The van der Waals surface area contributed by atoms with Crippen LogP contribution in [0.4, 0.5) is 5.82 Å². The van der Waals surface area contributed by atoms with E-state index in [1.54, 1.807) is 19.2 Å². The maximum absolute atomic E-state index is 8.64. The number of nitrogens with one attached hydrogen (secondary N) is 1. The van der Waals surface area contributed by atoms with Crippen LogP contribution >= 0.6 is 0 Å². The SMILES string of the molecule is COc1cc(C)ccc1CNc1ccc(C#N)nn1. The van der Waals surface area contributed by atoms with E-state index in [0.29, 0.717) is 18.1 Å². The summed E-state index contributed by atoms with van der Waals surface area (Å²) in [6.45, 7) is 2.61. The van der Waals surface area contributed by atoms with Crippen LogP contribution in [-0.2, 0) is 6.54 Å². The zero-order valence-electron chi connectivity index (χ0n) is 10.8. The molecule has 1 N–H and O–H groups in total. The maximum atomic E-state index is 8.64. The molecule has 0 spiro atoms. The lowest BCUT2D eigenvalue weighted by molar-refractivity contribution is 0.410. The van der Waals surface area contributed by atoms with Crippen molar-refractivity contribution in [2.75, 3.05) is 12.4 Å². The molecule has 96 valence electrons. The van der Waals surface area contributed by atoms with Gasteiger partial charge in [-0.25, -0.2) is 0 Å². The molecule has 0 amide bonds.